The third-order valence-electron chi connectivity index (χ3n) is 4.95. The molecule has 0 fully saturated rings. The number of guanidine groups is 1. The van der Waals surface area contributed by atoms with Gasteiger partial charge >= 0.3 is 0 Å². The van der Waals surface area contributed by atoms with Crippen LogP contribution in [0.2, 0.25) is 0 Å². The number of aliphatic imine (C=N–C) groups is 1. The quantitative estimate of drug-likeness (QED) is 0.148. The van der Waals surface area contributed by atoms with Crippen LogP contribution in [0, 0.1) is 0 Å². The molecule has 0 aromatic carbocycles. The Hall–Kier alpha value is -1.79. The zero-order chi connectivity index (χ0) is 21.7. The smallest absolute Gasteiger partial charge is 0.242 e. The van der Waals surface area contributed by atoms with E-state index in [-0.39, 0.29) is 17.8 Å². The third-order valence-corrected chi connectivity index (χ3v) is 4.95. The fraction of sp³-hybridized carbons (Fsp3) is 0.864. The highest BCUT2D eigenvalue weighted by molar-refractivity contribution is 5.87. The first-order valence-corrected chi connectivity index (χ1v) is 11.6. The molecule has 7 nitrogen and oxygen atoms in total. The van der Waals surface area contributed by atoms with Gasteiger partial charge in [-0.25, -0.2) is 0 Å². The molecule has 0 rings (SSSR count). The Morgan fingerprint density at radius 2 is 1.38 bits per heavy atom. The molecule has 0 aromatic heterocycles. The molecule has 0 saturated carbocycles. The predicted molar refractivity (Wildman–Crippen MR) is 122 cm³/mol. The summed E-state index contributed by atoms with van der Waals surface area (Å²) in [5.74, 6) is -0.244. The number of hydrogen-bond acceptors (Lipinski definition) is 3. The maximum Gasteiger partial charge on any atom is 0.242 e. The molecule has 1 atom stereocenters. The topological polar surface area (TPSA) is 123 Å². The zero-order valence-corrected chi connectivity index (χ0v) is 18.8. The number of carbonyl (C=O) groups excluding carboxylic acids is 2. The first kappa shape index (κ1) is 27.2. The van der Waals surface area contributed by atoms with Crippen molar-refractivity contribution in [2.75, 3.05) is 13.1 Å². The fourth-order valence-corrected chi connectivity index (χ4v) is 3.16. The van der Waals surface area contributed by atoms with Gasteiger partial charge in [0.25, 0.3) is 0 Å². The maximum absolute atomic E-state index is 12.4. The highest BCUT2D eigenvalue weighted by Crippen LogP contribution is 2.10. The average Bonchev–Trinajstić information content (AvgIpc) is 2.68. The molecule has 0 heterocycles. The van der Waals surface area contributed by atoms with Crippen LogP contribution in [0.15, 0.2) is 4.99 Å². The summed E-state index contributed by atoms with van der Waals surface area (Å²) in [6, 6.07) is -0.592. The number of nitrogens with two attached hydrogens (primary N) is 2. The van der Waals surface area contributed by atoms with E-state index in [0.29, 0.717) is 25.9 Å². The molecule has 2 amide bonds. The number of hydrogen-bond donors (Lipinski definition) is 4. The number of nitrogens with one attached hydrogen (secondary N) is 2. The van der Waals surface area contributed by atoms with Crippen LogP contribution < -0.4 is 22.1 Å². The number of rotatable bonds is 19. The SMILES string of the molecule is CCCCCCCCCCCC(=O)NC(CCN=C(N)N)C(=O)NCCCCC. The van der Waals surface area contributed by atoms with Crippen molar-refractivity contribution in [3.63, 3.8) is 0 Å². The van der Waals surface area contributed by atoms with Crippen LogP contribution in [0.4, 0.5) is 0 Å². The summed E-state index contributed by atoms with van der Waals surface area (Å²) in [7, 11) is 0. The molecule has 7 heteroatoms. The zero-order valence-electron chi connectivity index (χ0n) is 18.8. The second kappa shape index (κ2) is 19.5. The van der Waals surface area contributed by atoms with Crippen LogP contribution in [-0.2, 0) is 9.59 Å². The second-order valence-electron chi connectivity index (χ2n) is 7.79. The van der Waals surface area contributed by atoms with Gasteiger partial charge in [0.1, 0.15) is 6.04 Å². The Balaban J connectivity index is 4.13. The van der Waals surface area contributed by atoms with Crippen molar-refractivity contribution < 1.29 is 9.59 Å². The average molecular weight is 412 g/mol. The van der Waals surface area contributed by atoms with Crippen LogP contribution in [0.25, 0.3) is 0 Å². The lowest BCUT2D eigenvalue weighted by Gasteiger charge is -2.18. The van der Waals surface area contributed by atoms with E-state index in [0.717, 1.165) is 32.1 Å². The molecule has 170 valence electrons. The van der Waals surface area contributed by atoms with Crippen LogP contribution in [0.5, 0.6) is 0 Å². The monoisotopic (exact) mass is 411 g/mol. The lowest BCUT2D eigenvalue weighted by atomic mass is 10.1. The standard InChI is InChI=1S/C22H45N5O2/c1-3-5-7-8-9-10-11-12-13-15-20(28)27-19(16-18-26-22(23)24)21(29)25-17-14-6-4-2/h19H,3-18H2,1-2H3,(H,25,29)(H,27,28)(H4,23,24,26). The summed E-state index contributed by atoms with van der Waals surface area (Å²) >= 11 is 0. The van der Waals surface area contributed by atoms with Crippen molar-refractivity contribution >= 4 is 17.8 Å². The molecule has 29 heavy (non-hydrogen) atoms. The molecule has 0 radical (unpaired) electrons. The number of unbranched alkanes of at least 4 members (excludes halogenated alkanes) is 10. The summed E-state index contributed by atoms with van der Waals surface area (Å²) in [6.45, 7) is 5.28. The van der Waals surface area contributed by atoms with Crippen LogP contribution in [0.3, 0.4) is 0 Å². The minimum atomic E-state index is -0.592. The van der Waals surface area contributed by atoms with Gasteiger partial charge in [0, 0.05) is 19.5 Å². The van der Waals surface area contributed by atoms with E-state index in [2.05, 4.69) is 29.5 Å². The minimum absolute atomic E-state index is 0.00637. The Bertz CT molecular complexity index is 450. The van der Waals surface area contributed by atoms with E-state index < -0.39 is 6.04 Å². The van der Waals surface area contributed by atoms with Gasteiger partial charge in [-0.15, -0.1) is 0 Å². The highest BCUT2D eigenvalue weighted by atomic mass is 16.2. The first-order chi connectivity index (χ1) is 14.0. The van der Waals surface area contributed by atoms with Gasteiger partial charge < -0.3 is 22.1 Å². The minimum Gasteiger partial charge on any atom is -0.370 e. The van der Waals surface area contributed by atoms with Gasteiger partial charge in [-0.05, 0) is 19.3 Å². The van der Waals surface area contributed by atoms with Gasteiger partial charge in [-0.3, -0.25) is 14.6 Å². The number of carbonyl (C=O) groups is 2. The summed E-state index contributed by atoms with van der Waals surface area (Å²) in [6.07, 6.45) is 14.8. The highest BCUT2D eigenvalue weighted by Gasteiger charge is 2.19. The Morgan fingerprint density at radius 3 is 1.97 bits per heavy atom. The van der Waals surface area contributed by atoms with E-state index >= 15 is 0 Å². The largest absolute Gasteiger partial charge is 0.370 e. The van der Waals surface area contributed by atoms with Crippen LogP contribution >= 0.6 is 0 Å². The van der Waals surface area contributed by atoms with Crippen LogP contribution in [0.1, 0.15) is 104 Å². The van der Waals surface area contributed by atoms with Gasteiger partial charge in [0.15, 0.2) is 5.96 Å². The molecule has 0 spiro atoms. The predicted octanol–water partition coefficient (Wildman–Crippen LogP) is 3.36. The van der Waals surface area contributed by atoms with Crippen molar-refractivity contribution in [1.29, 1.82) is 0 Å². The van der Waals surface area contributed by atoms with Crippen molar-refractivity contribution in [3.8, 4) is 0 Å². The molecule has 6 N–H and O–H groups in total. The lowest BCUT2D eigenvalue weighted by Crippen LogP contribution is -2.47. The van der Waals surface area contributed by atoms with Gasteiger partial charge in [0.05, 0.1) is 0 Å². The van der Waals surface area contributed by atoms with Gasteiger partial charge in [0.2, 0.25) is 11.8 Å². The maximum atomic E-state index is 12.4. The number of amides is 2. The van der Waals surface area contributed by atoms with Gasteiger partial charge in [-0.2, -0.15) is 0 Å². The molecular formula is C22H45N5O2. The third kappa shape index (κ3) is 18.0. The summed E-state index contributed by atoms with van der Waals surface area (Å²) < 4.78 is 0. The van der Waals surface area contributed by atoms with E-state index in [1.807, 2.05) is 0 Å². The fourth-order valence-electron chi connectivity index (χ4n) is 3.16. The second-order valence-corrected chi connectivity index (χ2v) is 7.79. The van der Waals surface area contributed by atoms with Crippen molar-refractivity contribution in [1.82, 2.24) is 10.6 Å². The van der Waals surface area contributed by atoms with Crippen LogP contribution in [-0.4, -0.2) is 36.9 Å². The summed E-state index contributed by atoms with van der Waals surface area (Å²) in [5, 5.41) is 5.76. The van der Waals surface area contributed by atoms with Crippen molar-refractivity contribution in [2.45, 2.75) is 110 Å². The molecular weight excluding hydrogens is 366 g/mol. The van der Waals surface area contributed by atoms with E-state index in [4.69, 9.17) is 11.5 Å². The Kier molecular flexibility index (Phi) is 18.3. The van der Waals surface area contributed by atoms with E-state index in [9.17, 15) is 9.59 Å². The molecule has 0 aliphatic rings. The normalized spacial score (nSPS) is 11.7. The molecule has 0 aromatic rings. The molecule has 0 saturated heterocycles. The molecule has 0 bridgehead atoms. The van der Waals surface area contributed by atoms with E-state index in [1.165, 1.54) is 44.9 Å². The summed E-state index contributed by atoms with van der Waals surface area (Å²) in [4.78, 5) is 28.6. The Labute approximate surface area is 177 Å². The first-order valence-electron chi connectivity index (χ1n) is 11.6. The molecule has 0 aliphatic heterocycles. The summed E-state index contributed by atoms with van der Waals surface area (Å²) in [5.41, 5.74) is 10.7. The van der Waals surface area contributed by atoms with Crippen molar-refractivity contribution in [3.05, 3.63) is 0 Å². The van der Waals surface area contributed by atoms with Gasteiger partial charge in [-0.1, -0.05) is 78.1 Å². The number of nitrogens with zero attached hydrogens (tertiary/aromatic N) is 1. The molecule has 1 unspecified atom stereocenters. The van der Waals surface area contributed by atoms with Crippen molar-refractivity contribution in [2.24, 2.45) is 16.5 Å². The Morgan fingerprint density at radius 1 is 0.828 bits per heavy atom. The van der Waals surface area contributed by atoms with E-state index in [1.54, 1.807) is 0 Å². The lowest BCUT2D eigenvalue weighted by molar-refractivity contribution is -0.129. The molecule has 0 aliphatic carbocycles.